The van der Waals surface area contributed by atoms with Crippen LogP contribution >= 0.6 is 11.6 Å². The number of quaternary nitrogens is 1. The third-order valence-electron chi connectivity index (χ3n) is 9.07. The second-order valence-electron chi connectivity index (χ2n) is 11.1. The van der Waals surface area contributed by atoms with Crippen LogP contribution in [0, 0.1) is 5.92 Å². The Balaban J connectivity index is 0.00000304. The van der Waals surface area contributed by atoms with E-state index in [0.29, 0.717) is 10.9 Å². The van der Waals surface area contributed by atoms with Gasteiger partial charge in [-0.25, -0.2) is 0 Å². The molecule has 6 heteroatoms. The van der Waals surface area contributed by atoms with Crippen LogP contribution in [0.2, 0.25) is 5.02 Å². The van der Waals surface area contributed by atoms with Crippen LogP contribution in [0.5, 0.6) is 5.75 Å². The van der Waals surface area contributed by atoms with Gasteiger partial charge in [0.25, 0.3) is 0 Å². The van der Waals surface area contributed by atoms with E-state index in [4.69, 9.17) is 21.1 Å². The van der Waals surface area contributed by atoms with Crippen LogP contribution in [-0.2, 0) is 21.4 Å². The van der Waals surface area contributed by atoms with Crippen molar-refractivity contribution in [3.63, 3.8) is 0 Å². The van der Waals surface area contributed by atoms with Crippen molar-refractivity contribution in [2.45, 2.75) is 69.3 Å². The summed E-state index contributed by atoms with van der Waals surface area (Å²) in [5.74, 6) is 1.26. The van der Waals surface area contributed by atoms with Gasteiger partial charge in [0, 0.05) is 25.2 Å². The number of nitrogens with zero attached hydrogens (tertiary/aromatic N) is 1. The predicted octanol–water partition coefficient (Wildman–Crippen LogP) is 3.34. The summed E-state index contributed by atoms with van der Waals surface area (Å²) < 4.78 is 12.9. The maximum atomic E-state index is 13.9. The molecule has 36 heavy (non-hydrogen) atoms. The fraction of sp³-hybridized carbons (Fsp3) is 0.567. The van der Waals surface area contributed by atoms with Gasteiger partial charge in [-0.05, 0) is 36.1 Å². The van der Waals surface area contributed by atoms with Gasteiger partial charge >= 0.3 is 5.97 Å². The van der Waals surface area contributed by atoms with Crippen molar-refractivity contribution in [3.05, 3.63) is 64.7 Å². The van der Waals surface area contributed by atoms with Gasteiger partial charge in [0.1, 0.15) is 12.3 Å². The van der Waals surface area contributed by atoms with Crippen LogP contribution in [-0.4, -0.2) is 49.8 Å². The van der Waals surface area contributed by atoms with Crippen molar-refractivity contribution in [3.8, 4) is 5.75 Å². The summed E-state index contributed by atoms with van der Waals surface area (Å²) in [5, 5.41) is 0.670. The standard InChI is InChI=1S/C30H39ClNO3.BrH/c1-34-27-12-11-23(21-26(27)31)13-18-32-19-14-24(15-20-32)28(22-32)35-29(33)30(16-7-2-3-8-17-30)25-9-5-4-6-10-25;/h4-6,9-12,21,24,28H,2-3,7-8,13-20,22H2,1H3;1H/q+1;/p-1/t24?,28-,32?;/m0./s1. The zero-order valence-corrected chi connectivity index (χ0v) is 23.7. The Bertz CT molecular complexity index is 1010. The maximum absolute atomic E-state index is 13.9. The van der Waals surface area contributed by atoms with Gasteiger partial charge in [-0.15, -0.1) is 0 Å². The van der Waals surface area contributed by atoms with Crippen LogP contribution < -0.4 is 21.7 Å². The number of hydrogen-bond acceptors (Lipinski definition) is 3. The molecule has 2 aromatic rings. The molecule has 1 atom stereocenters. The monoisotopic (exact) mass is 575 g/mol. The van der Waals surface area contributed by atoms with Gasteiger partial charge in [-0.2, -0.15) is 0 Å². The molecule has 0 radical (unpaired) electrons. The van der Waals surface area contributed by atoms with Crippen LogP contribution in [0.3, 0.4) is 0 Å². The predicted molar refractivity (Wildman–Crippen MR) is 140 cm³/mol. The number of benzene rings is 2. The molecule has 3 saturated heterocycles. The summed E-state index contributed by atoms with van der Waals surface area (Å²) in [6.45, 7) is 4.39. The lowest BCUT2D eigenvalue weighted by atomic mass is 9.74. The number of ether oxygens (including phenoxy) is 2. The van der Waals surface area contributed by atoms with Crippen LogP contribution in [0.1, 0.15) is 62.5 Å². The lowest BCUT2D eigenvalue weighted by molar-refractivity contribution is -0.946. The summed E-state index contributed by atoms with van der Waals surface area (Å²) >= 11 is 6.37. The van der Waals surface area contributed by atoms with Crippen molar-refractivity contribution in [1.82, 2.24) is 0 Å². The number of hydrogen-bond donors (Lipinski definition) is 0. The van der Waals surface area contributed by atoms with Crippen molar-refractivity contribution >= 4 is 17.6 Å². The molecule has 6 rings (SSSR count). The fourth-order valence-electron chi connectivity index (χ4n) is 6.85. The highest BCUT2D eigenvalue weighted by atomic mass is 79.9. The minimum atomic E-state index is -0.478. The van der Waals surface area contributed by atoms with Crippen LogP contribution in [0.4, 0.5) is 0 Å². The molecule has 2 bridgehead atoms. The van der Waals surface area contributed by atoms with Crippen molar-refractivity contribution < 1.29 is 35.7 Å². The number of halogens is 2. The van der Waals surface area contributed by atoms with Gasteiger partial charge in [0.2, 0.25) is 0 Å². The zero-order chi connectivity index (χ0) is 24.3. The van der Waals surface area contributed by atoms with Crippen LogP contribution in [0.15, 0.2) is 48.5 Å². The Morgan fingerprint density at radius 2 is 1.72 bits per heavy atom. The largest absolute Gasteiger partial charge is 1.00 e. The smallest absolute Gasteiger partial charge is 0.317 e. The second-order valence-corrected chi connectivity index (χ2v) is 11.5. The summed E-state index contributed by atoms with van der Waals surface area (Å²) in [4.78, 5) is 13.9. The Labute approximate surface area is 231 Å². The molecule has 2 aromatic carbocycles. The number of rotatable bonds is 7. The molecule has 196 valence electrons. The van der Waals surface area contributed by atoms with E-state index in [1.807, 2.05) is 18.2 Å². The molecule has 0 amide bonds. The molecular formula is C30H39BrClNO3. The minimum absolute atomic E-state index is 0. The number of fused-ring (bicyclic) bond motifs is 3. The van der Waals surface area contributed by atoms with Gasteiger partial charge < -0.3 is 30.9 Å². The maximum Gasteiger partial charge on any atom is 0.317 e. The fourth-order valence-corrected chi connectivity index (χ4v) is 7.13. The molecule has 3 aliphatic heterocycles. The first-order valence-electron chi connectivity index (χ1n) is 13.5. The topological polar surface area (TPSA) is 35.5 Å². The molecule has 0 unspecified atom stereocenters. The lowest BCUT2D eigenvalue weighted by Crippen LogP contribution is -3.00. The molecule has 3 heterocycles. The van der Waals surface area contributed by atoms with Gasteiger partial charge in [-0.1, -0.05) is 73.7 Å². The lowest BCUT2D eigenvalue weighted by Gasteiger charge is -2.52. The van der Waals surface area contributed by atoms with E-state index in [0.717, 1.165) is 73.8 Å². The average molecular weight is 577 g/mol. The highest BCUT2D eigenvalue weighted by Gasteiger charge is 2.50. The van der Waals surface area contributed by atoms with Gasteiger partial charge in [-0.3, -0.25) is 4.79 Å². The van der Waals surface area contributed by atoms with Crippen molar-refractivity contribution in [1.29, 1.82) is 0 Å². The number of carbonyl (C=O) groups is 1. The molecule has 4 fully saturated rings. The normalized spacial score (nSPS) is 26.9. The average Bonchev–Trinajstić information content (AvgIpc) is 3.16. The number of piperidine rings is 3. The van der Waals surface area contributed by atoms with Gasteiger partial charge in [0.15, 0.2) is 6.10 Å². The Morgan fingerprint density at radius 1 is 1.03 bits per heavy atom. The minimum Gasteiger partial charge on any atom is -1.00 e. The van der Waals surface area contributed by atoms with Crippen molar-refractivity contribution in [2.24, 2.45) is 5.92 Å². The van der Waals surface area contributed by atoms with Gasteiger partial charge in [0.05, 0.1) is 37.2 Å². The Morgan fingerprint density at radius 3 is 2.36 bits per heavy atom. The first-order valence-corrected chi connectivity index (χ1v) is 13.9. The van der Waals surface area contributed by atoms with E-state index in [1.165, 1.54) is 31.5 Å². The van der Waals surface area contributed by atoms with E-state index in [2.05, 4.69) is 30.3 Å². The molecular weight excluding hydrogens is 538 g/mol. The first kappa shape index (κ1) is 27.5. The molecule has 4 aliphatic rings. The van der Waals surface area contributed by atoms with Crippen molar-refractivity contribution in [2.75, 3.05) is 33.3 Å². The van der Waals surface area contributed by atoms with E-state index < -0.39 is 5.41 Å². The molecule has 0 N–H and O–H groups in total. The molecule has 0 aromatic heterocycles. The summed E-state index contributed by atoms with van der Waals surface area (Å²) in [7, 11) is 1.65. The first-order chi connectivity index (χ1) is 17.0. The quantitative estimate of drug-likeness (QED) is 0.288. The second kappa shape index (κ2) is 11.9. The van der Waals surface area contributed by atoms with E-state index in [1.54, 1.807) is 7.11 Å². The Hall–Kier alpha value is -1.56. The number of methoxy groups -OCH3 is 1. The number of carbonyl (C=O) groups excluding carboxylic acids is 1. The third-order valence-corrected chi connectivity index (χ3v) is 9.36. The van der Waals surface area contributed by atoms with E-state index in [9.17, 15) is 4.79 Å². The summed E-state index contributed by atoms with van der Waals surface area (Å²) in [6, 6.07) is 16.5. The summed E-state index contributed by atoms with van der Waals surface area (Å²) in [5.41, 5.74) is 1.91. The molecule has 1 saturated carbocycles. The highest BCUT2D eigenvalue weighted by Crippen LogP contribution is 2.42. The third kappa shape index (κ3) is 5.63. The molecule has 4 nitrogen and oxygen atoms in total. The van der Waals surface area contributed by atoms with Crippen LogP contribution in [0.25, 0.3) is 0 Å². The highest BCUT2D eigenvalue weighted by molar-refractivity contribution is 6.32. The SMILES string of the molecule is COc1ccc(CC[N+]23CCC(CC2)[C@@H](OC(=O)C2(c4ccccc4)CCCCCC2)C3)cc1Cl.[Br-]. The number of esters is 1. The Kier molecular flexibility index (Phi) is 9.06. The van der Waals surface area contributed by atoms with E-state index in [-0.39, 0.29) is 29.1 Å². The summed E-state index contributed by atoms with van der Waals surface area (Å²) in [6.07, 6.45) is 9.75. The molecule has 0 spiro atoms. The zero-order valence-electron chi connectivity index (χ0n) is 21.4. The van der Waals surface area contributed by atoms with E-state index >= 15 is 0 Å². The molecule has 1 aliphatic carbocycles.